The van der Waals surface area contributed by atoms with Crippen LogP contribution in [0.3, 0.4) is 0 Å². The number of aromatic hydroxyl groups is 2. The summed E-state index contributed by atoms with van der Waals surface area (Å²) in [5.74, 6) is -2.61. The molecule has 1 unspecified atom stereocenters. The average molecular weight is 405 g/mol. The number of hydrazine groups is 1. The van der Waals surface area contributed by atoms with E-state index in [1.54, 1.807) is 24.3 Å². The maximum absolute atomic E-state index is 12.6. The highest BCUT2D eigenvalue weighted by Crippen LogP contribution is 2.27. The molecule has 2 amide bonds. The number of carbonyl (C=O) groups is 3. The highest BCUT2D eigenvalue weighted by atomic mass is 35.5. The number of hydrogen-bond acceptors (Lipinski definition) is 5. The number of benzene rings is 2. The number of halogens is 1. The second kappa shape index (κ2) is 9.23. The van der Waals surface area contributed by atoms with Gasteiger partial charge in [0.1, 0.15) is 17.3 Å². The van der Waals surface area contributed by atoms with Crippen LogP contribution in [-0.4, -0.2) is 27.8 Å². The maximum Gasteiger partial charge on any atom is 0.273 e. The summed E-state index contributed by atoms with van der Waals surface area (Å²) in [5.41, 5.74) is 5.47. The van der Waals surface area contributed by atoms with Gasteiger partial charge < -0.3 is 15.0 Å². The Morgan fingerprint density at radius 2 is 1.82 bits per heavy atom. The number of phenols is 2. The third-order valence-corrected chi connectivity index (χ3v) is 4.41. The number of phenolic OH excluding ortho intramolecular Hbond substituents is 2. The Morgan fingerprint density at radius 3 is 2.43 bits per heavy atom. The normalized spacial score (nSPS) is 11.5. The Morgan fingerprint density at radius 1 is 1.11 bits per heavy atom. The van der Waals surface area contributed by atoms with E-state index in [2.05, 4.69) is 10.9 Å². The van der Waals surface area contributed by atoms with Gasteiger partial charge in [-0.2, -0.15) is 0 Å². The Labute approximate surface area is 167 Å². The summed E-state index contributed by atoms with van der Waals surface area (Å²) in [6.07, 6.45) is 0.442. The van der Waals surface area contributed by atoms with Crippen LogP contribution in [0.1, 0.15) is 47.2 Å². The highest BCUT2D eigenvalue weighted by Gasteiger charge is 2.23. The molecule has 0 aliphatic heterocycles. The fourth-order valence-electron chi connectivity index (χ4n) is 2.83. The minimum atomic E-state index is -0.736. The second-order valence-corrected chi connectivity index (χ2v) is 6.88. The molecule has 148 valence electrons. The Kier molecular flexibility index (Phi) is 7.00. The van der Waals surface area contributed by atoms with E-state index in [0.29, 0.717) is 16.1 Å². The van der Waals surface area contributed by atoms with Gasteiger partial charge in [-0.25, -0.2) is 0 Å². The van der Waals surface area contributed by atoms with Gasteiger partial charge in [-0.05, 0) is 49.6 Å². The van der Waals surface area contributed by atoms with Gasteiger partial charge in [0.05, 0.1) is 11.5 Å². The van der Waals surface area contributed by atoms with Crippen molar-refractivity contribution in [2.75, 3.05) is 0 Å². The van der Waals surface area contributed by atoms with Crippen LogP contribution in [0.15, 0.2) is 36.4 Å². The monoisotopic (exact) mass is 404 g/mol. The molecule has 0 radical (unpaired) electrons. The van der Waals surface area contributed by atoms with Crippen LogP contribution in [-0.2, 0) is 9.59 Å². The third-order valence-electron chi connectivity index (χ3n) is 4.18. The predicted octanol–water partition coefficient (Wildman–Crippen LogP) is 2.97. The molecule has 4 N–H and O–H groups in total. The van der Waals surface area contributed by atoms with Crippen LogP contribution in [0.5, 0.6) is 11.5 Å². The number of amides is 2. The number of ketones is 1. The molecule has 7 nitrogen and oxygen atoms in total. The van der Waals surface area contributed by atoms with Crippen molar-refractivity contribution < 1.29 is 24.6 Å². The Hall–Kier alpha value is -3.06. The van der Waals surface area contributed by atoms with Crippen LogP contribution in [0.2, 0.25) is 5.02 Å². The van der Waals surface area contributed by atoms with Crippen molar-refractivity contribution >= 4 is 29.2 Å². The number of nitrogens with one attached hydrogen (secondary N) is 2. The van der Waals surface area contributed by atoms with Gasteiger partial charge in [0.15, 0.2) is 0 Å². The number of Topliss-reactive ketones (excluding diaryl/α,β-unsaturated/α-hetero) is 1. The quantitative estimate of drug-likeness (QED) is 0.552. The maximum atomic E-state index is 12.6. The molecule has 0 saturated heterocycles. The largest absolute Gasteiger partial charge is 0.508 e. The fraction of sp³-hybridized carbons (Fsp3) is 0.250. The zero-order valence-corrected chi connectivity index (χ0v) is 16.2. The number of hydrogen-bond donors (Lipinski definition) is 4. The van der Waals surface area contributed by atoms with E-state index in [-0.39, 0.29) is 29.9 Å². The molecule has 8 heteroatoms. The summed E-state index contributed by atoms with van der Waals surface area (Å²) in [6.45, 7) is 2.98. The minimum absolute atomic E-state index is 0.0616. The standard InChI is InChI=1S/C20H21ClN2O5/c1-11-8-15(25)10-17(26)18(11)20(28)23-22-19(27)16(7-6-12(2)24)13-4-3-5-14(21)9-13/h3-5,8-10,16,25-26H,6-7H2,1-2H3,(H,22,27)(H,23,28). The second-order valence-electron chi connectivity index (χ2n) is 6.45. The van der Waals surface area contributed by atoms with Crippen molar-refractivity contribution in [3.8, 4) is 11.5 Å². The first kappa shape index (κ1) is 21.2. The lowest BCUT2D eigenvalue weighted by molar-refractivity contribution is -0.123. The average Bonchev–Trinajstić information content (AvgIpc) is 2.59. The fourth-order valence-corrected chi connectivity index (χ4v) is 3.03. The van der Waals surface area contributed by atoms with Gasteiger partial charge in [0.25, 0.3) is 5.91 Å². The topological polar surface area (TPSA) is 116 Å². The van der Waals surface area contributed by atoms with E-state index in [9.17, 15) is 24.6 Å². The molecular weight excluding hydrogens is 384 g/mol. The molecule has 0 saturated carbocycles. The summed E-state index contributed by atoms with van der Waals surface area (Å²) < 4.78 is 0. The molecule has 0 spiro atoms. The van der Waals surface area contributed by atoms with E-state index in [1.807, 2.05) is 0 Å². The highest BCUT2D eigenvalue weighted by molar-refractivity contribution is 6.30. The SMILES string of the molecule is CC(=O)CCC(C(=O)NNC(=O)c1c(C)cc(O)cc1O)c1cccc(Cl)c1. The van der Waals surface area contributed by atoms with Crippen LogP contribution >= 0.6 is 11.6 Å². The van der Waals surface area contributed by atoms with Crippen LogP contribution < -0.4 is 10.9 Å². The Balaban J connectivity index is 2.15. The third kappa shape index (κ3) is 5.47. The van der Waals surface area contributed by atoms with Gasteiger partial charge in [-0.3, -0.25) is 20.4 Å². The van der Waals surface area contributed by atoms with Crippen molar-refractivity contribution in [2.24, 2.45) is 0 Å². The molecule has 2 aromatic rings. The molecule has 0 aromatic heterocycles. The van der Waals surface area contributed by atoms with Crippen molar-refractivity contribution in [3.05, 3.63) is 58.1 Å². The molecule has 0 aliphatic rings. The van der Waals surface area contributed by atoms with Crippen LogP contribution in [0.25, 0.3) is 0 Å². The van der Waals surface area contributed by atoms with Gasteiger partial charge in [-0.1, -0.05) is 23.7 Å². The molecule has 28 heavy (non-hydrogen) atoms. The zero-order chi connectivity index (χ0) is 20.8. The molecule has 2 rings (SSSR count). The number of aryl methyl sites for hydroxylation is 1. The van der Waals surface area contributed by atoms with E-state index < -0.39 is 23.5 Å². The van der Waals surface area contributed by atoms with Crippen LogP contribution in [0.4, 0.5) is 0 Å². The van der Waals surface area contributed by atoms with Crippen molar-refractivity contribution in [2.45, 2.75) is 32.6 Å². The molecule has 2 aromatic carbocycles. The molecule has 0 heterocycles. The van der Waals surface area contributed by atoms with E-state index in [0.717, 1.165) is 6.07 Å². The number of rotatable bonds is 6. The smallest absolute Gasteiger partial charge is 0.273 e. The van der Waals surface area contributed by atoms with E-state index in [4.69, 9.17) is 11.6 Å². The minimum Gasteiger partial charge on any atom is -0.508 e. The predicted molar refractivity (Wildman–Crippen MR) is 104 cm³/mol. The summed E-state index contributed by atoms with van der Waals surface area (Å²) >= 11 is 5.99. The summed E-state index contributed by atoms with van der Waals surface area (Å²) in [7, 11) is 0. The van der Waals surface area contributed by atoms with Crippen molar-refractivity contribution in [3.63, 3.8) is 0 Å². The molecule has 0 fully saturated rings. The summed E-state index contributed by atoms with van der Waals surface area (Å²) in [5, 5.41) is 19.8. The molecule has 0 bridgehead atoms. The van der Waals surface area contributed by atoms with E-state index >= 15 is 0 Å². The van der Waals surface area contributed by atoms with Gasteiger partial charge in [0, 0.05) is 17.5 Å². The lowest BCUT2D eigenvalue weighted by atomic mass is 9.93. The molecular formula is C20H21ClN2O5. The van der Waals surface area contributed by atoms with Crippen molar-refractivity contribution in [1.29, 1.82) is 0 Å². The molecule has 1 atom stereocenters. The van der Waals surface area contributed by atoms with E-state index in [1.165, 1.54) is 19.9 Å². The van der Waals surface area contributed by atoms with Crippen molar-refractivity contribution in [1.82, 2.24) is 10.9 Å². The first-order valence-electron chi connectivity index (χ1n) is 8.56. The zero-order valence-electron chi connectivity index (χ0n) is 15.5. The van der Waals surface area contributed by atoms with Crippen LogP contribution in [0, 0.1) is 6.92 Å². The summed E-state index contributed by atoms with van der Waals surface area (Å²) in [4.78, 5) is 36.3. The Bertz CT molecular complexity index is 890. The van der Waals surface area contributed by atoms with Gasteiger partial charge in [-0.15, -0.1) is 0 Å². The molecule has 0 aliphatic carbocycles. The number of carbonyl (C=O) groups excluding carboxylic acids is 3. The first-order valence-corrected chi connectivity index (χ1v) is 8.94. The first-order chi connectivity index (χ1) is 13.2. The van der Waals surface area contributed by atoms with Gasteiger partial charge in [0.2, 0.25) is 5.91 Å². The lowest BCUT2D eigenvalue weighted by Crippen LogP contribution is -2.44. The summed E-state index contributed by atoms with van der Waals surface area (Å²) in [6, 6.07) is 9.06. The lowest BCUT2D eigenvalue weighted by Gasteiger charge is -2.18. The van der Waals surface area contributed by atoms with Gasteiger partial charge >= 0.3 is 0 Å².